The van der Waals surface area contributed by atoms with E-state index in [1.54, 1.807) is 0 Å². The van der Waals surface area contributed by atoms with Gasteiger partial charge in [0.15, 0.2) is 11.5 Å². The summed E-state index contributed by atoms with van der Waals surface area (Å²) in [5.74, 6) is -0.652. The summed E-state index contributed by atoms with van der Waals surface area (Å²) < 4.78 is 14.0. The number of ether oxygens (including phenoxy) is 2. The number of fused-ring (bicyclic) bond motifs is 7. The fraction of sp³-hybridized carbons (Fsp3) is 0.115. The van der Waals surface area contributed by atoms with E-state index < -0.39 is 11.9 Å². The fourth-order valence-electron chi connectivity index (χ4n) is 9.74. The van der Waals surface area contributed by atoms with Crippen LogP contribution in [0.4, 0.5) is 34.1 Å². The van der Waals surface area contributed by atoms with Crippen LogP contribution >= 0.6 is 22.7 Å². The maximum Gasteiger partial charge on any atom is 0.349 e. The number of esters is 2. The minimum absolute atomic E-state index is 0.193. The first-order valence-electron chi connectivity index (χ1n) is 20.1. The standard InChI is InChI=1S/C52H36N2O4S2/c1-51(2)33-19-11-13-21-37(33)53(31-15-7-5-8-16-31)39-27-41-29(23-35(39)51)25-43(59-41)45-47-48(58-49(45)55)46(50(56)57-47)44-26-30-24-36-40(28-42(30)60-44)54(32-17-9-6-10-18-32)38-22-14-12-20-34(38)52(36,3)4/h5-28H,1-4H3. The smallest absolute Gasteiger partial charge is 0.349 e. The summed E-state index contributed by atoms with van der Waals surface area (Å²) in [5.41, 5.74) is 11.5. The van der Waals surface area contributed by atoms with Gasteiger partial charge in [0.25, 0.3) is 0 Å². The molecule has 0 unspecified atom stereocenters. The predicted octanol–water partition coefficient (Wildman–Crippen LogP) is 13.6. The molecule has 290 valence electrons. The van der Waals surface area contributed by atoms with Gasteiger partial charge >= 0.3 is 11.9 Å². The second-order valence-electron chi connectivity index (χ2n) is 16.8. The highest BCUT2D eigenvalue weighted by atomic mass is 32.1. The highest BCUT2D eigenvalue weighted by Crippen LogP contribution is 2.56. The topological polar surface area (TPSA) is 59.1 Å². The van der Waals surface area contributed by atoms with Gasteiger partial charge in [-0.05, 0) is 106 Å². The lowest BCUT2D eigenvalue weighted by Gasteiger charge is -2.42. The summed E-state index contributed by atoms with van der Waals surface area (Å²) >= 11 is 3.01. The van der Waals surface area contributed by atoms with E-state index in [1.165, 1.54) is 44.9 Å². The van der Waals surface area contributed by atoms with Crippen LogP contribution in [0, 0.1) is 0 Å². The largest absolute Gasteiger partial charge is 0.418 e. The monoisotopic (exact) mass is 816 g/mol. The van der Waals surface area contributed by atoms with E-state index in [4.69, 9.17) is 9.47 Å². The number of rotatable bonds is 4. The Morgan fingerprint density at radius 1 is 0.433 bits per heavy atom. The Hall–Kier alpha value is -6.74. The van der Waals surface area contributed by atoms with Crippen molar-refractivity contribution >= 4 is 100 Å². The van der Waals surface area contributed by atoms with Gasteiger partial charge in [-0.3, -0.25) is 0 Å². The summed E-state index contributed by atoms with van der Waals surface area (Å²) in [7, 11) is 0. The molecule has 0 atom stereocenters. The van der Waals surface area contributed by atoms with Gasteiger partial charge in [0.1, 0.15) is 11.1 Å². The van der Waals surface area contributed by atoms with Crippen LogP contribution in [0.1, 0.15) is 59.7 Å². The lowest BCUT2D eigenvalue weighted by molar-refractivity contribution is -0.131. The van der Waals surface area contributed by atoms with Crippen molar-refractivity contribution in [2.75, 3.05) is 9.80 Å². The molecule has 6 aromatic carbocycles. The Morgan fingerprint density at radius 2 is 0.817 bits per heavy atom. The average Bonchev–Trinajstić information content (AvgIpc) is 4.01. The Balaban J connectivity index is 0.977. The number of nitrogens with zero attached hydrogens (tertiary/aromatic N) is 2. The molecule has 2 aromatic heterocycles. The van der Waals surface area contributed by atoms with Crippen LogP contribution in [0.15, 0.2) is 157 Å². The molecule has 0 N–H and O–H groups in total. The second-order valence-corrected chi connectivity index (χ2v) is 19.0. The van der Waals surface area contributed by atoms with E-state index in [9.17, 15) is 9.59 Å². The zero-order chi connectivity index (χ0) is 40.7. The van der Waals surface area contributed by atoms with E-state index in [1.807, 2.05) is 24.3 Å². The quantitative estimate of drug-likeness (QED) is 0.165. The Kier molecular flexibility index (Phi) is 7.28. The Morgan fingerprint density at radius 3 is 1.23 bits per heavy atom. The number of thiophene rings is 2. The maximum atomic E-state index is 13.9. The highest BCUT2D eigenvalue weighted by Gasteiger charge is 2.46. The van der Waals surface area contributed by atoms with Crippen molar-refractivity contribution in [1.29, 1.82) is 0 Å². The molecule has 12 rings (SSSR count). The molecule has 4 aliphatic rings. The van der Waals surface area contributed by atoms with Crippen molar-refractivity contribution in [3.05, 3.63) is 189 Å². The molecule has 60 heavy (non-hydrogen) atoms. The van der Waals surface area contributed by atoms with E-state index in [2.05, 4.69) is 159 Å². The first-order chi connectivity index (χ1) is 29.1. The van der Waals surface area contributed by atoms with Gasteiger partial charge < -0.3 is 19.3 Å². The number of carbonyl (C=O) groups excluding carboxylic acids is 2. The third-order valence-electron chi connectivity index (χ3n) is 12.7. The first kappa shape index (κ1) is 35.2. The molecule has 0 aliphatic carbocycles. The van der Waals surface area contributed by atoms with Gasteiger partial charge in [-0.25, -0.2) is 9.59 Å². The number of anilines is 6. The van der Waals surface area contributed by atoms with Crippen LogP contribution in [0.5, 0.6) is 0 Å². The van der Waals surface area contributed by atoms with E-state index >= 15 is 0 Å². The normalized spacial score (nSPS) is 17.1. The summed E-state index contributed by atoms with van der Waals surface area (Å²) in [6.45, 7) is 9.07. The number of carbonyl (C=O) groups is 2. The van der Waals surface area contributed by atoms with Gasteiger partial charge in [0, 0.05) is 41.4 Å². The predicted molar refractivity (Wildman–Crippen MR) is 243 cm³/mol. The van der Waals surface area contributed by atoms with Crippen molar-refractivity contribution in [1.82, 2.24) is 0 Å². The molecule has 0 radical (unpaired) electrons. The van der Waals surface area contributed by atoms with Crippen LogP contribution in [-0.4, -0.2) is 11.9 Å². The summed E-state index contributed by atoms with van der Waals surface area (Å²) in [6, 6.07) is 51.0. The summed E-state index contributed by atoms with van der Waals surface area (Å²) in [6.07, 6.45) is 0. The summed E-state index contributed by atoms with van der Waals surface area (Å²) in [4.78, 5) is 33.8. The van der Waals surface area contributed by atoms with Crippen LogP contribution in [0.2, 0.25) is 0 Å². The average molecular weight is 817 g/mol. The van der Waals surface area contributed by atoms with Crippen molar-refractivity contribution in [3.8, 4) is 0 Å². The highest BCUT2D eigenvalue weighted by molar-refractivity contribution is 7.21. The fourth-order valence-corrected chi connectivity index (χ4v) is 12.0. The van der Waals surface area contributed by atoms with Gasteiger partial charge in [-0.1, -0.05) is 100 Å². The molecule has 8 aromatic rings. The molecule has 0 spiro atoms. The van der Waals surface area contributed by atoms with Crippen molar-refractivity contribution in [3.63, 3.8) is 0 Å². The van der Waals surface area contributed by atoms with Crippen LogP contribution in [0.25, 0.3) is 31.3 Å². The van der Waals surface area contributed by atoms with E-state index in [0.29, 0.717) is 9.75 Å². The third kappa shape index (κ3) is 4.86. The molecule has 0 saturated heterocycles. The number of hydrogen-bond acceptors (Lipinski definition) is 8. The minimum atomic E-state index is -0.519. The molecule has 4 aliphatic heterocycles. The maximum absolute atomic E-state index is 13.9. The van der Waals surface area contributed by atoms with Crippen molar-refractivity contribution < 1.29 is 19.1 Å². The number of hydrogen-bond donors (Lipinski definition) is 0. The van der Waals surface area contributed by atoms with Crippen molar-refractivity contribution in [2.24, 2.45) is 0 Å². The lowest BCUT2D eigenvalue weighted by Crippen LogP contribution is -2.30. The number of benzene rings is 6. The van der Waals surface area contributed by atoms with Crippen LogP contribution in [0.3, 0.4) is 0 Å². The molecule has 0 amide bonds. The van der Waals surface area contributed by atoms with Gasteiger partial charge in [0.05, 0.1) is 22.7 Å². The molecule has 6 heterocycles. The Bertz CT molecular complexity index is 3040. The SMILES string of the molecule is CC1(C)c2ccccc2N(c2ccccc2)c2cc3sc(C4=C5OC(=O)C(c6cc7cc8c(cc7s6)N(c6ccccc6)c6ccccc6C8(C)C)=C5OC4=O)cc3cc21. The zero-order valence-corrected chi connectivity index (χ0v) is 34.8. The molecule has 6 nitrogen and oxygen atoms in total. The zero-order valence-electron chi connectivity index (χ0n) is 33.2. The molecular formula is C52H36N2O4S2. The molecule has 0 saturated carbocycles. The van der Waals surface area contributed by atoms with Crippen LogP contribution < -0.4 is 9.80 Å². The van der Waals surface area contributed by atoms with Gasteiger partial charge in [0.2, 0.25) is 0 Å². The second kappa shape index (κ2) is 12.4. The third-order valence-corrected chi connectivity index (χ3v) is 14.9. The van der Waals surface area contributed by atoms with Gasteiger partial charge in [-0.2, -0.15) is 0 Å². The Labute approximate surface area is 354 Å². The van der Waals surface area contributed by atoms with E-state index in [0.717, 1.165) is 54.3 Å². The minimum Gasteiger partial charge on any atom is -0.418 e. The molecular weight excluding hydrogens is 781 g/mol. The first-order valence-corrected chi connectivity index (χ1v) is 21.7. The molecule has 0 bridgehead atoms. The summed E-state index contributed by atoms with van der Waals surface area (Å²) in [5, 5.41) is 2.03. The molecule has 8 heteroatoms. The lowest BCUT2D eigenvalue weighted by atomic mass is 9.73. The van der Waals surface area contributed by atoms with Gasteiger partial charge in [-0.15, -0.1) is 22.7 Å². The van der Waals surface area contributed by atoms with Crippen LogP contribution in [-0.2, 0) is 29.9 Å². The number of para-hydroxylation sites is 4. The van der Waals surface area contributed by atoms with E-state index in [-0.39, 0.29) is 33.5 Å². The molecule has 0 fully saturated rings. The van der Waals surface area contributed by atoms with Crippen molar-refractivity contribution in [2.45, 2.75) is 38.5 Å².